The molecule has 1 aromatic rings. The van der Waals surface area contributed by atoms with Crippen LogP contribution in [-0.2, 0) is 11.2 Å². The zero-order valence-electron chi connectivity index (χ0n) is 9.23. The summed E-state index contributed by atoms with van der Waals surface area (Å²) in [6, 6.07) is 6.75. The lowest BCUT2D eigenvalue weighted by Gasteiger charge is -2.11. The summed E-state index contributed by atoms with van der Waals surface area (Å²) in [5.74, 6) is 2.49. The lowest BCUT2D eigenvalue weighted by Crippen LogP contribution is -2.33. The largest absolute Gasteiger partial charge is 0.508 e. The first-order valence-electron chi connectivity index (χ1n) is 5.13. The van der Waals surface area contributed by atoms with Crippen molar-refractivity contribution in [3.8, 4) is 18.1 Å². The smallest absolute Gasteiger partial charge is 0.224 e. The Morgan fingerprint density at radius 3 is 2.88 bits per heavy atom. The van der Waals surface area contributed by atoms with Crippen molar-refractivity contribution in [1.82, 2.24) is 5.32 Å². The van der Waals surface area contributed by atoms with Crippen molar-refractivity contribution in [3.63, 3.8) is 0 Å². The molecule has 3 heteroatoms. The molecule has 0 aliphatic heterocycles. The highest BCUT2D eigenvalue weighted by Gasteiger charge is 2.09. The van der Waals surface area contributed by atoms with Gasteiger partial charge in [-0.15, -0.1) is 12.3 Å². The van der Waals surface area contributed by atoms with Crippen LogP contribution >= 0.6 is 0 Å². The second-order valence-corrected chi connectivity index (χ2v) is 3.68. The Hall–Kier alpha value is -1.95. The summed E-state index contributed by atoms with van der Waals surface area (Å²) < 4.78 is 0. The minimum absolute atomic E-state index is 0.0386. The maximum Gasteiger partial charge on any atom is 0.224 e. The Bertz CT molecular complexity index is 407. The van der Waals surface area contributed by atoms with Crippen LogP contribution in [0.4, 0.5) is 0 Å². The van der Waals surface area contributed by atoms with Gasteiger partial charge in [-0.05, 0) is 13.0 Å². The van der Waals surface area contributed by atoms with Crippen LogP contribution in [0.15, 0.2) is 24.3 Å². The number of terminal acetylenes is 1. The van der Waals surface area contributed by atoms with Crippen LogP contribution in [0.5, 0.6) is 5.75 Å². The van der Waals surface area contributed by atoms with E-state index in [1.165, 1.54) is 0 Å². The van der Waals surface area contributed by atoms with E-state index < -0.39 is 0 Å². The summed E-state index contributed by atoms with van der Waals surface area (Å²) in [6.07, 6.45) is 5.82. The Morgan fingerprint density at radius 1 is 1.56 bits per heavy atom. The van der Waals surface area contributed by atoms with E-state index in [1.54, 1.807) is 24.3 Å². The quantitative estimate of drug-likeness (QED) is 0.750. The highest BCUT2D eigenvalue weighted by Crippen LogP contribution is 2.15. The molecule has 0 saturated carbocycles. The van der Waals surface area contributed by atoms with E-state index in [0.29, 0.717) is 12.0 Å². The molecule has 3 nitrogen and oxygen atoms in total. The zero-order valence-corrected chi connectivity index (χ0v) is 9.23. The summed E-state index contributed by atoms with van der Waals surface area (Å²) in [6.45, 7) is 1.85. The molecule has 0 aromatic heterocycles. The maximum absolute atomic E-state index is 11.6. The minimum Gasteiger partial charge on any atom is -0.508 e. The van der Waals surface area contributed by atoms with Crippen molar-refractivity contribution in [2.45, 2.75) is 25.8 Å². The fourth-order valence-corrected chi connectivity index (χ4v) is 1.39. The summed E-state index contributed by atoms with van der Waals surface area (Å²) in [5.41, 5.74) is 0.618. The third-order valence-electron chi connectivity index (χ3n) is 2.17. The van der Waals surface area contributed by atoms with Gasteiger partial charge in [0, 0.05) is 18.0 Å². The normalized spacial score (nSPS) is 11.5. The molecule has 16 heavy (non-hydrogen) atoms. The van der Waals surface area contributed by atoms with Crippen molar-refractivity contribution in [1.29, 1.82) is 0 Å². The molecule has 0 heterocycles. The standard InChI is InChI=1S/C13H15NO2/c1-3-6-10(2)14-13(16)9-11-7-4-5-8-12(11)15/h1,4-5,7-8,10,15H,6,9H2,2H3,(H,14,16). The number of phenolic OH excluding ortho intramolecular Hbond substituents is 1. The van der Waals surface area contributed by atoms with E-state index in [-0.39, 0.29) is 24.1 Å². The first kappa shape index (κ1) is 12.1. The van der Waals surface area contributed by atoms with Crippen molar-refractivity contribution >= 4 is 5.91 Å². The second-order valence-electron chi connectivity index (χ2n) is 3.68. The topological polar surface area (TPSA) is 49.3 Å². The minimum atomic E-state index is -0.135. The fraction of sp³-hybridized carbons (Fsp3) is 0.308. The van der Waals surface area contributed by atoms with Gasteiger partial charge in [0.25, 0.3) is 0 Å². The van der Waals surface area contributed by atoms with E-state index in [2.05, 4.69) is 11.2 Å². The molecular formula is C13H15NO2. The number of nitrogens with one attached hydrogen (secondary N) is 1. The lowest BCUT2D eigenvalue weighted by atomic mass is 10.1. The Morgan fingerprint density at radius 2 is 2.25 bits per heavy atom. The van der Waals surface area contributed by atoms with Crippen molar-refractivity contribution in [2.24, 2.45) is 0 Å². The van der Waals surface area contributed by atoms with Crippen LogP contribution in [0, 0.1) is 12.3 Å². The van der Waals surface area contributed by atoms with Gasteiger partial charge >= 0.3 is 0 Å². The molecule has 1 aromatic carbocycles. The molecule has 84 valence electrons. The predicted molar refractivity (Wildman–Crippen MR) is 62.9 cm³/mol. The SMILES string of the molecule is C#CCC(C)NC(=O)Cc1ccccc1O. The number of benzene rings is 1. The molecule has 0 radical (unpaired) electrons. The third kappa shape index (κ3) is 3.66. The molecule has 0 bridgehead atoms. The molecule has 0 spiro atoms. The van der Waals surface area contributed by atoms with Crippen LogP contribution in [-0.4, -0.2) is 17.1 Å². The Balaban J connectivity index is 2.53. The molecule has 0 fully saturated rings. The van der Waals surface area contributed by atoms with Gasteiger partial charge < -0.3 is 10.4 Å². The summed E-state index contributed by atoms with van der Waals surface area (Å²) in [7, 11) is 0. The number of rotatable bonds is 4. The second kappa shape index (κ2) is 5.82. The average Bonchev–Trinajstić information content (AvgIpc) is 2.21. The highest BCUT2D eigenvalue weighted by molar-refractivity contribution is 5.79. The van der Waals surface area contributed by atoms with Crippen molar-refractivity contribution < 1.29 is 9.90 Å². The number of hydrogen-bond acceptors (Lipinski definition) is 2. The monoisotopic (exact) mass is 217 g/mol. The molecule has 2 N–H and O–H groups in total. The summed E-state index contributed by atoms with van der Waals surface area (Å²) >= 11 is 0. The van der Waals surface area contributed by atoms with Gasteiger partial charge in [0.05, 0.1) is 6.42 Å². The van der Waals surface area contributed by atoms with E-state index in [0.717, 1.165) is 0 Å². The number of hydrogen-bond donors (Lipinski definition) is 2. The number of carbonyl (C=O) groups excluding carboxylic acids is 1. The van der Waals surface area contributed by atoms with Crippen molar-refractivity contribution in [2.75, 3.05) is 0 Å². The van der Waals surface area contributed by atoms with Crippen LogP contribution in [0.3, 0.4) is 0 Å². The highest BCUT2D eigenvalue weighted by atomic mass is 16.3. The Labute approximate surface area is 95.5 Å². The average molecular weight is 217 g/mol. The number of amides is 1. The molecule has 0 saturated heterocycles. The third-order valence-corrected chi connectivity index (χ3v) is 2.17. The van der Waals surface area contributed by atoms with Gasteiger partial charge in [0.2, 0.25) is 5.91 Å². The molecule has 1 atom stereocenters. The fourth-order valence-electron chi connectivity index (χ4n) is 1.39. The summed E-state index contributed by atoms with van der Waals surface area (Å²) in [4.78, 5) is 11.6. The lowest BCUT2D eigenvalue weighted by molar-refractivity contribution is -0.121. The Kier molecular flexibility index (Phi) is 4.41. The number of carbonyl (C=O) groups is 1. The van der Waals surface area contributed by atoms with Gasteiger partial charge in [-0.25, -0.2) is 0 Å². The van der Waals surface area contributed by atoms with Crippen LogP contribution in [0.2, 0.25) is 0 Å². The number of para-hydroxylation sites is 1. The van der Waals surface area contributed by atoms with E-state index in [1.807, 2.05) is 6.92 Å². The predicted octanol–water partition coefficient (Wildman–Crippen LogP) is 1.46. The van der Waals surface area contributed by atoms with Crippen LogP contribution in [0.25, 0.3) is 0 Å². The first-order chi connectivity index (χ1) is 7.63. The van der Waals surface area contributed by atoms with E-state index in [9.17, 15) is 9.90 Å². The van der Waals surface area contributed by atoms with E-state index in [4.69, 9.17) is 6.42 Å². The zero-order chi connectivity index (χ0) is 12.0. The van der Waals surface area contributed by atoms with Crippen LogP contribution in [0.1, 0.15) is 18.9 Å². The van der Waals surface area contributed by atoms with Crippen molar-refractivity contribution in [3.05, 3.63) is 29.8 Å². The van der Waals surface area contributed by atoms with Gasteiger partial charge in [-0.2, -0.15) is 0 Å². The van der Waals surface area contributed by atoms with Gasteiger partial charge in [-0.3, -0.25) is 4.79 Å². The molecule has 1 unspecified atom stereocenters. The molecule has 1 rings (SSSR count). The van der Waals surface area contributed by atoms with E-state index >= 15 is 0 Å². The van der Waals surface area contributed by atoms with Crippen LogP contribution < -0.4 is 5.32 Å². The van der Waals surface area contributed by atoms with Gasteiger partial charge in [0.1, 0.15) is 5.75 Å². The molecule has 0 aliphatic carbocycles. The van der Waals surface area contributed by atoms with Gasteiger partial charge in [0.15, 0.2) is 0 Å². The molecular weight excluding hydrogens is 202 g/mol. The number of phenols is 1. The summed E-state index contributed by atoms with van der Waals surface area (Å²) in [5, 5.41) is 12.2. The maximum atomic E-state index is 11.6. The van der Waals surface area contributed by atoms with Gasteiger partial charge in [-0.1, -0.05) is 18.2 Å². The molecule has 0 aliphatic rings. The first-order valence-corrected chi connectivity index (χ1v) is 5.13. The number of aromatic hydroxyl groups is 1. The molecule has 1 amide bonds.